The molecule has 3 aromatic carbocycles. The van der Waals surface area contributed by atoms with Gasteiger partial charge in [-0.05, 0) is 52.8 Å². The first-order valence-electron chi connectivity index (χ1n) is 7.97. The monoisotopic (exact) mass is 293 g/mol. The quantitative estimate of drug-likeness (QED) is 0.624. The van der Waals surface area contributed by atoms with Gasteiger partial charge in [-0.3, -0.25) is 4.90 Å². The Kier molecular flexibility index (Phi) is 4.30. The molecule has 2 heteroatoms. The number of ether oxygens (including phenoxy) is 1. The van der Waals surface area contributed by atoms with Crippen LogP contribution in [0.5, 0.6) is 5.75 Å². The van der Waals surface area contributed by atoms with Crippen molar-refractivity contribution in [3.8, 4) is 5.75 Å². The smallest absolute Gasteiger partial charge is 0.123 e. The molecule has 0 N–H and O–H groups in total. The molecule has 0 spiro atoms. The van der Waals surface area contributed by atoms with Crippen molar-refractivity contribution in [1.82, 2.24) is 4.90 Å². The predicted molar refractivity (Wildman–Crippen MR) is 94.6 cm³/mol. The summed E-state index contributed by atoms with van der Waals surface area (Å²) in [5.74, 6) is 0.981. The molecule has 0 fully saturated rings. The van der Waals surface area contributed by atoms with Gasteiger partial charge < -0.3 is 4.74 Å². The maximum Gasteiger partial charge on any atom is 0.123 e. The van der Waals surface area contributed by atoms with E-state index in [1.165, 1.54) is 27.1 Å². The lowest BCUT2D eigenvalue weighted by Crippen LogP contribution is -2.22. The Morgan fingerprint density at radius 2 is 1.55 bits per heavy atom. The molecule has 2 nitrogen and oxygen atoms in total. The number of benzene rings is 3. The number of rotatable bonds is 5. The third kappa shape index (κ3) is 2.67. The van der Waals surface area contributed by atoms with Crippen LogP contribution in [0.4, 0.5) is 0 Å². The van der Waals surface area contributed by atoms with Gasteiger partial charge in [0, 0.05) is 12.1 Å². The lowest BCUT2D eigenvalue weighted by molar-refractivity contribution is 0.290. The maximum atomic E-state index is 5.63. The van der Waals surface area contributed by atoms with E-state index in [9.17, 15) is 0 Å². The summed E-state index contributed by atoms with van der Waals surface area (Å²) < 4.78 is 5.63. The average molecular weight is 293 g/mol. The summed E-state index contributed by atoms with van der Waals surface area (Å²) in [6.07, 6.45) is 0. The molecule has 3 aromatic rings. The van der Waals surface area contributed by atoms with E-state index < -0.39 is 0 Å². The molecule has 0 amide bonds. The molecule has 22 heavy (non-hydrogen) atoms. The molecule has 0 aliphatic rings. The summed E-state index contributed by atoms with van der Waals surface area (Å²) in [6, 6.07) is 17.4. The molecule has 0 aliphatic heterocycles. The second-order valence-corrected chi connectivity index (χ2v) is 5.63. The minimum atomic E-state index is 0.922. The summed E-state index contributed by atoms with van der Waals surface area (Å²) in [7, 11) is 1.76. The van der Waals surface area contributed by atoms with Gasteiger partial charge in [-0.25, -0.2) is 0 Å². The molecule has 114 valence electrons. The maximum absolute atomic E-state index is 5.63. The summed E-state index contributed by atoms with van der Waals surface area (Å²) >= 11 is 0. The zero-order valence-corrected chi connectivity index (χ0v) is 13.6. The fraction of sp³-hybridized carbons (Fsp3) is 0.300. The average Bonchev–Trinajstić information content (AvgIpc) is 2.57. The van der Waals surface area contributed by atoms with Gasteiger partial charge >= 0.3 is 0 Å². The molecule has 0 saturated carbocycles. The van der Waals surface area contributed by atoms with Crippen molar-refractivity contribution in [3.63, 3.8) is 0 Å². The van der Waals surface area contributed by atoms with Gasteiger partial charge in [0.25, 0.3) is 0 Å². The van der Waals surface area contributed by atoms with Gasteiger partial charge in [0.1, 0.15) is 5.75 Å². The lowest BCUT2D eigenvalue weighted by Gasteiger charge is -2.21. The van der Waals surface area contributed by atoms with Crippen LogP contribution in [0.1, 0.15) is 19.4 Å². The number of fused-ring (bicyclic) bond motifs is 2. The molecule has 0 aliphatic carbocycles. The van der Waals surface area contributed by atoms with Crippen molar-refractivity contribution in [2.45, 2.75) is 20.4 Å². The number of hydrogen-bond acceptors (Lipinski definition) is 2. The molecular weight excluding hydrogens is 270 g/mol. The predicted octanol–water partition coefficient (Wildman–Crippen LogP) is 4.84. The highest BCUT2D eigenvalue weighted by molar-refractivity contribution is 6.00. The molecule has 0 aromatic heterocycles. The first-order valence-corrected chi connectivity index (χ1v) is 7.97. The van der Waals surface area contributed by atoms with E-state index in [2.05, 4.69) is 67.3 Å². The van der Waals surface area contributed by atoms with Crippen molar-refractivity contribution in [2.75, 3.05) is 20.2 Å². The zero-order chi connectivity index (χ0) is 15.5. The highest BCUT2D eigenvalue weighted by atomic mass is 16.5. The first kappa shape index (κ1) is 14.9. The SMILES string of the molecule is CCN(CC)Cc1c(OC)ccc2cc3ccccc3cc12. The van der Waals surface area contributed by atoms with Crippen LogP contribution in [0, 0.1) is 0 Å². The molecule has 0 saturated heterocycles. The van der Waals surface area contributed by atoms with Crippen LogP contribution in [0.15, 0.2) is 48.5 Å². The second-order valence-electron chi connectivity index (χ2n) is 5.63. The van der Waals surface area contributed by atoms with Gasteiger partial charge in [-0.15, -0.1) is 0 Å². The van der Waals surface area contributed by atoms with Gasteiger partial charge in [0.2, 0.25) is 0 Å². The zero-order valence-electron chi connectivity index (χ0n) is 13.6. The Morgan fingerprint density at radius 3 is 2.18 bits per heavy atom. The normalized spacial score (nSPS) is 11.5. The Balaban J connectivity index is 2.23. The van der Waals surface area contributed by atoms with Gasteiger partial charge in [-0.2, -0.15) is 0 Å². The van der Waals surface area contributed by atoms with Crippen LogP contribution in [0.3, 0.4) is 0 Å². The van der Waals surface area contributed by atoms with Gasteiger partial charge in [0.05, 0.1) is 7.11 Å². The number of nitrogens with zero attached hydrogens (tertiary/aromatic N) is 1. The summed E-state index contributed by atoms with van der Waals surface area (Å²) in [5.41, 5.74) is 1.29. The van der Waals surface area contributed by atoms with E-state index >= 15 is 0 Å². The Labute approximate surface area is 132 Å². The molecule has 0 bridgehead atoms. The van der Waals surface area contributed by atoms with E-state index in [1.807, 2.05) is 0 Å². The van der Waals surface area contributed by atoms with Crippen LogP contribution < -0.4 is 4.74 Å². The fourth-order valence-electron chi connectivity index (χ4n) is 3.08. The van der Waals surface area contributed by atoms with Crippen LogP contribution in [0.2, 0.25) is 0 Å². The Hall–Kier alpha value is -2.06. The summed E-state index contributed by atoms with van der Waals surface area (Å²) in [6.45, 7) is 7.42. The van der Waals surface area contributed by atoms with E-state index in [1.54, 1.807) is 7.11 Å². The minimum Gasteiger partial charge on any atom is -0.496 e. The van der Waals surface area contributed by atoms with E-state index in [-0.39, 0.29) is 0 Å². The fourth-order valence-corrected chi connectivity index (χ4v) is 3.08. The molecule has 0 heterocycles. The van der Waals surface area contributed by atoms with Crippen molar-refractivity contribution in [1.29, 1.82) is 0 Å². The minimum absolute atomic E-state index is 0.922. The molecular formula is C20H23NO. The number of hydrogen-bond donors (Lipinski definition) is 0. The molecule has 0 atom stereocenters. The van der Waals surface area contributed by atoms with E-state index in [4.69, 9.17) is 4.74 Å². The van der Waals surface area contributed by atoms with Crippen LogP contribution in [0.25, 0.3) is 21.5 Å². The van der Waals surface area contributed by atoms with Crippen molar-refractivity contribution in [2.24, 2.45) is 0 Å². The topological polar surface area (TPSA) is 12.5 Å². The highest BCUT2D eigenvalue weighted by Gasteiger charge is 2.12. The highest BCUT2D eigenvalue weighted by Crippen LogP contribution is 2.32. The van der Waals surface area contributed by atoms with Crippen LogP contribution >= 0.6 is 0 Å². The Morgan fingerprint density at radius 1 is 0.864 bits per heavy atom. The number of methoxy groups -OCH3 is 1. The molecule has 0 unspecified atom stereocenters. The van der Waals surface area contributed by atoms with Gasteiger partial charge in [0.15, 0.2) is 0 Å². The molecule has 3 rings (SSSR count). The third-order valence-electron chi connectivity index (χ3n) is 4.45. The second kappa shape index (κ2) is 6.37. The lowest BCUT2D eigenvalue weighted by atomic mass is 9.98. The van der Waals surface area contributed by atoms with Crippen molar-refractivity contribution >= 4 is 21.5 Å². The first-order chi connectivity index (χ1) is 10.8. The van der Waals surface area contributed by atoms with Crippen LogP contribution in [-0.4, -0.2) is 25.1 Å². The van der Waals surface area contributed by atoms with E-state index in [0.29, 0.717) is 0 Å². The molecule has 0 radical (unpaired) electrons. The van der Waals surface area contributed by atoms with E-state index in [0.717, 1.165) is 25.4 Å². The Bertz CT molecular complexity index is 790. The standard InChI is InChI=1S/C20H23NO/c1-4-21(5-2)14-19-18-13-16-9-7-6-8-15(16)12-17(18)10-11-20(19)22-3/h6-13H,4-5,14H2,1-3H3. The summed E-state index contributed by atoms with van der Waals surface area (Å²) in [5, 5.41) is 5.14. The van der Waals surface area contributed by atoms with Crippen molar-refractivity contribution < 1.29 is 4.74 Å². The van der Waals surface area contributed by atoms with Crippen LogP contribution in [-0.2, 0) is 6.54 Å². The third-order valence-corrected chi connectivity index (χ3v) is 4.45. The summed E-state index contributed by atoms with van der Waals surface area (Å²) in [4.78, 5) is 2.42. The largest absolute Gasteiger partial charge is 0.496 e. The van der Waals surface area contributed by atoms with Gasteiger partial charge in [-0.1, -0.05) is 44.2 Å². The van der Waals surface area contributed by atoms with Crippen molar-refractivity contribution in [3.05, 3.63) is 54.1 Å².